The summed E-state index contributed by atoms with van der Waals surface area (Å²) in [7, 11) is -3.92. The van der Waals surface area contributed by atoms with Gasteiger partial charge in [0.2, 0.25) is 15.9 Å². The minimum Gasteiger partial charge on any atom is -0.360 e. The Labute approximate surface area is 152 Å². The zero-order valence-corrected chi connectivity index (χ0v) is 15.6. The number of hydrogen-bond donors (Lipinski definition) is 1. The van der Waals surface area contributed by atoms with Crippen LogP contribution in [0.15, 0.2) is 39.8 Å². The van der Waals surface area contributed by atoms with E-state index in [2.05, 4.69) is 10.5 Å². The van der Waals surface area contributed by atoms with Crippen LogP contribution in [-0.2, 0) is 14.8 Å². The second-order valence-electron chi connectivity index (χ2n) is 5.87. The second kappa shape index (κ2) is 8.91. The molecular formula is C17H22FN3O4S. The van der Waals surface area contributed by atoms with E-state index in [-0.39, 0.29) is 23.8 Å². The number of amides is 1. The van der Waals surface area contributed by atoms with Gasteiger partial charge in [-0.2, -0.15) is 4.31 Å². The third-order valence-electron chi connectivity index (χ3n) is 3.68. The van der Waals surface area contributed by atoms with E-state index in [1.165, 1.54) is 18.2 Å². The van der Waals surface area contributed by atoms with Gasteiger partial charge in [0.25, 0.3) is 0 Å². The summed E-state index contributed by atoms with van der Waals surface area (Å²) >= 11 is 0. The lowest BCUT2D eigenvalue weighted by atomic mass is 10.2. The van der Waals surface area contributed by atoms with Crippen molar-refractivity contribution in [2.24, 2.45) is 0 Å². The van der Waals surface area contributed by atoms with Crippen LogP contribution in [0, 0.1) is 12.7 Å². The molecule has 1 aromatic heterocycles. The smallest absolute Gasteiger partial charge is 0.243 e. The van der Waals surface area contributed by atoms with Crippen molar-refractivity contribution in [2.45, 2.75) is 38.0 Å². The van der Waals surface area contributed by atoms with E-state index in [0.717, 1.165) is 29.3 Å². The van der Waals surface area contributed by atoms with Gasteiger partial charge in [0, 0.05) is 12.6 Å². The SMILES string of the molecule is CCCCCN(CC(=O)Nc1cc(C)on1)S(=O)(=O)c1ccc(F)cc1. The van der Waals surface area contributed by atoms with Gasteiger partial charge in [0.15, 0.2) is 5.82 Å². The van der Waals surface area contributed by atoms with Gasteiger partial charge < -0.3 is 9.84 Å². The summed E-state index contributed by atoms with van der Waals surface area (Å²) in [5, 5.41) is 6.16. The fourth-order valence-corrected chi connectivity index (χ4v) is 3.78. The van der Waals surface area contributed by atoms with Crippen LogP contribution in [0.5, 0.6) is 0 Å². The topological polar surface area (TPSA) is 92.5 Å². The van der Waals surface area contributed by atoms with Gasteiger partial charge in [0.1, 0.15) is 11.6 Å². The predicted molar refractivity (Wildman–Crippen MR) is 94.6 cm³/mol. The van der Waals surface area contributed by atoms with Crippen molar-refractivity contribution in [3.63, 3.8) is 0 Å². The fourth-order valence-electron chi connectivity index (χ4n) is 2.35. The number of anilines is 1. The van der Waals surface area contributed by atoms with Crippen molar-refractivity contribution in [1.82, 2.24) is 9.46 Å². The summed E-state index contributed by atoms with van der Waals surface area (Å²) in [4.78, 5) is 12.2. The van der Waals surface area contributed by atoms with Crippen molar-refractivity contribution in [2.75, 3.05) is 18.4 Å². The molecule has 0 aliphatic heterocycles. The Morgan fingerprint density at radius 3 is 2.54 bits per heavy atom. The summed E-state index contributed by atoms with van der Waals surface area (Å²) in [6, 6.07) is 6.07. The summed E-state index contributed by atoms with van der Waals surface area (Å²) < 4.78 is 44.7. The minimum absolute atomic E-state index is 0.0551. The number of carbonyl (C=O) groups is 1. The number of halogens is 1. The van der Waals surface area contributed by atoms with Crippen LogP contribution in [0.4, 0.5) is 10.2 Å². The Morgan fingerprint density at radius 2 is 1.96 bits per heavy atom. The molecule has 2 aromatic rings. The molecule has 0 fully saturated rings. The number of hydrogen-bond acceptors (Lipinski definition) is 5. The maximum atomic E-state index is 13.1. The molecule has 0 aliphatic rings. The lowest BCUT2D eigenvalue weighted by Crippen LogP contribution is -2.38. The first-order valence-electron chi connectivity index (χ1n) is 8.32. The van der Waals surface area contributed by atoms with Crippen LogP contribution in [0.1, 0.15) is 31.9 Å². The molecule has 26 heavy (non-hydrogen) atoms. The summed E-state index contributed by atoms with van der Waals surface area (Å²) in [5.41, 5.74) is 0. The van der Waals surface area contributed by atoms with E-state index in [0.29, 0.717) is 12.2 Å². The number of rotatable bonds is 9. The van der Waals surface area contributed by atoms with E-state index < -0.39 is 21.7 Å². The molecule has 0 atom stereocenters. The Hall–Kier alpha value is -2.26. The molecule has 0 saturated carbocycles. The highest BCUT2D eigenvalue weighted by molar-refractivity contribution is 7.89. The molecule has 1 heterocycles. The largest absolute Gasteiger partial charge is 0.360 e. The highest BCUT2D eigenvalue weighted by Gasteiger charge is 2.26. The molecule has 9 heteroatoms. The van der Waals surface area contributed by atoms with Crippen molar-refractivity contribution in [3.05, 3.63) is 41.9 Å². The number of nitrogens with zero attached hydrogens (tertiary/aromatic N) is 2. The van der Waals surface area contributed by atoms with Crippen LogP contribution in [0.3, 0.4) is 0 Å². The number of nitrogens with one attached hydrogen (secondary N) is 1. The van der Waals surface area contributed by atoms with Crippen molar-refractivity contribution < 1.29 is 22.1 Å². The van der Waals surface area contributed by atoms with Gasteiger partial charge in [-0.15, -0.1) is 0 Å². The first kappa shape index (κ1) is 20.1. The quantitative estimate of drug-likeness (QED) is 0.672. The van der Waals surface area contributed by atoms with Crippen LogP contribution in [0.25, 0.3) is 0 Å². The van der Waals surface area contributed by atoms with Gasteiger partial charge in [-0.05, 0) is 37.6 Å². The molecule has 2 rings (SSSR count). The average molecular weight is 383 g/mol. The second-order valence-corrected chi connectivity index (χ2v) is 7.81. The molecule has 0 spiro atoms. The Balaban J connectivity index is 2.15. The molecule has 0 saturated heterocycles. The number of carbonyl (C=O) groups excluding carboxylic acids is 1. The van der Waals surface area contributed by atoms with Crippen LogP contribution in [0.2, 0.25) is 0 Å². The average Bonchev–Trinajstić information content (AvgIpc) is 2.99. The van der Waals surface area contributed by atoms with E-state index >= 15 is 0 Å². The molecule has 0 unspecified atom stereocenters. The number of unbranched alkanes of at least 4 members (excludes halogenated alkanes) is 2. The predicted octanol–water partition coefficient (Wildman–Crippen LogP) is 2.94. The highest BCUT2D eigenvalue weighted by atomic mass is 32.2. The molecule has 1 N–H and O–H groups in total. The zero-order valence-electron chi connectivity index (χ0n) is 14.7. The van der Waals surface area contributed by atoms with Gasteiger partial charge in [-0.25, -0.2) is 12.8 Å². The third kappa shape index (κ3) is 5.37. The molecule has 1 aromatic carbocycles. The standard InChI is InChI=1S/C17H22FN3O4S/c1-3-4-5-10-21(12-17(22)19-16-11-13(2)25-20-16)26(23,24)15-8-6-14(18)7-9-15/h6-9,11H,3-5,10,12H2,1-2H3,(H,19,20,22). The normalized spacial score (nSPS) is 11.7. The van der Waals surface area contributed by atoms with Crippen molar-refractivity contribution in [3.8, 4) is 0 Å². The van der Waals surface area contributed by atoms with E-state index in [4.69, 9.17) is 4.52 Å². The molecule has 1 amide bonds. The Kier molecular flexibility index (Phi) is 6.87. The Morgan fingerprint density at radius 1 is 1.27 bits per heavy atom. The number of aryl methyl sites for hydroxylation is 1. The summed E-state index contributed by atoms with van der Waals surface area (Å²) in [6.45, 7) is 3.51. The van der Waals surface area contributed by atoms with Crippen LogP contribution in [-0.4, -0.2) is 36.9 Å². The molecule has 0 bridgehead atoms. The molecule has 0 radical (unpaired) electrons. The van der Waals surface area contributed by atoms with Crippen LogP contribution < -0.4 is 5.32 Å². The van der Waals surface area contributed by atoms with Gasteiger partial charge in [0.05, 0.1) is 11.4 Å². The van der Waals surface area contributed by atoms with Crippen molar-refractivity contribution in [1.29, 1.82) is 0 Å². The minimum atomic E-state index is -3.92. The van der Waals surface area contributed by atoms with Gasteiger partial charge in [-0.1, -0.05) is 24.9 Å². The first-order valence-corrected chi connectivity index (χ1v) is 9.76. The van der Waals surface area contributed by atoms with Crippen LogP contribution >= 0.6 is 0 Å². The van der Waals surface area contributed by atoms with E-state index in [1.54, 1.807) is 6.92 Å². The van der Waals surface area contributed by atoms with Gasteiger partial charge >= 0.3 is 0 Å². The zero-order chi connectivity index (χ0) is 19.2. The number of sulfonamides is 1. The maximum absolute atomic E-state index is 13.1. The molecule has 0 aliphatic carbocycles. The Bertz CT molecular complexity index is 834. The van der Waals surface area contributed by atoms with Crippen molar-refractivity contribution >= 4 is 21.7 Å². The lowest BCUT2D eigenvalue weighted by molar-refractivity contribution is -0.116. The number of aromatic nitrogens is 1. The van der Waals surface area contributed by atoms with E-state index in [1.807, 2.05) is 6.92 Å². The third-order valence-corrected chi connectivity index (χ3v) is 5.54. The molecule has 142 valence electrons. The first-order chi connectivity index (χ1) is 12.3. The maximum Gasteiger partial charge on any atom is 0.243 e. The fraction of sp³-hybridized carbons (Fsp3) is 0.412. The van der Waals surface area contributed by atoms with Gasteiger partial charge in [-0.3, -0.25) is 4.79 Å². The highest BCUT2D eigenvalue weighted by Crippen LogP contribution is 2.17. The summed E-state index contributed by atoms with van der Waals surface area (Å²) in [6.07, 6.45) is 2.36. The summed E-state index contributed by atoms with van der Waals surface area (Å²) in [5.74, 6) is -0.305. The molecular weight excluding hydrogens is 361 g/mol. The monoisotopic (exact) mass is 383 g/mol. The van der Waals surface area contributed by atoms with E-state index in [9.17, 15) is 17.6 Å². The lowest BCUT2D eigenvalue weighted by Gasteiger charge is -2.21. The number of benzene rings is 1. The molecule has 7 nitrogen and oxygen atoms in total.